The van der Waals surface area contributed by atoms with E-state index < -0.39 is 0 Å². The molecule has 0 saturated heterocycles. The minimum atomic E-state index is -0.111. The number of urea groups is 1. The van der Waals surface area contributed by atoms with Gasteiger partial charge in [0.2, 0.25) is 0 Å². The van der Waals surface area contributed by atoms with E-state index >= 15 is 0 Å². The molecule has 0 atom stereocenters. The van der Waals surface area contributed by atoms with Gasteiger partial charge in [0, 0.05) is 24.4 Å². The van der Waals surface area contributed by atoms with E-state index in [4.69, 9.17) is 4.74 Å². The maximum Gasteiger partial charge on any atom is 0.319 e. The van der Waals surface area contributed by atoms with Gasteiger partial charge in [-0.3, -0.25) is 0 Å². The molecule has 1 aromatic rings. The van der Waals surface area contributed by atoms with E-state index in [0.717, 1.165) is 24.1 Å². The predicted molar refractivity (Wildman–Crippen MR) is 80.8 cm³/mol. The molecule has 2 rings (SSSR count). The predicted octanol–water partition coefficient (Wildman–Crippen LogP) is 3.68. The minimum absolute atomic E-state index is 0.111. The Labute approximate surface area is 120 Å². The number of methoxy groups -OCH3 is 1. The largest absolute Gasteiger partial charge is 0.380 e. The summed E-state index contributed by atoms with van der Waals surface area (Å²) >= 11 is 0. The zero-order valence-electron chi connectivity index (χ0n) is 12.2. The number of nitrogens with one attached hydrogen (secondary N) is 2. The fraction of sp³-hybridized carbons (Fsp3) is 0.562. The van der Waals surface area contributed by atoms with Crippen LogP contribution in [0.4, 0.5) is 10.5 Å². The third kappa shape index (κ3) is 4.53. The molecule has 0 heterocycles. The molecule has 110 valence electrons. The molecule has 1 fully saturated rings. The highest BCUT2D eigenvalue weighted by atomic mass is 16.5. The topological polar surface area (TPSA) is 50.4 Å². The number of carbonyl (C=O) groups excluding carboxylic acids is 1. The average Bonchev–Trinajstić information content (AvgIpc) is 2.70. The highest BCUT2D eigenvalue weighted by Gasteiger charge is 2.15. The second-order valence-corrected chi connectivity index (χ2v) is 5.38. The fourth-order valence-corrected chi connectivity index (χ4v) is 2.69. The van der Waals surface area contributed by atoms with Gasteiger partial charge in [-0.2, -0.15) is 0 Å². The molecule has 0 aliphatic heterocycles. The summed E-state index contributed by atoms with van der Waals surface area (Å²) < 4.78 is 5.14. The highest BCUT2D eigenvalue weighted by Crippen LogP contribution is 2.18. The molecule has 20 heavy (non-hydrogen) atoms. The first-order chi connectivity index (χ1) is 9.79. The number of carbonyl (C=O) groups is 1. The van der Waals surface area contributed by atoms with Crippen LogP contribution >= 0.6 is 0 Å². The van der Waals surface area contributed by atoms with Crippen LogP contribution in [-0.2, 0) is 11.3 Å². The van der Waals surface area contributed by atoms with Crippen LogP contribution in [0.3, 0.4) is 0 Å². The van der Waals surface area contributed by atoms with Crippen LogP contribution in [-0.4, -0.2) is 19.2 Å². The molecule has 1 saturated carbocycles. The Morgan fingerprint density at radius 2 is 1.90 bits per heavy atom. The number of anilines is 1. The first-order valence-electron chi connectivity index (χ1n) is 7.44. The van der Waals surface area contributed by atoms with Gasteiger partial charge in [0.05, 0.1) is 6.61 Å². The SMILES string of the molecule is COCc1ccccc1NC(=O)NC1CCCCCC1. The summed E-state index contributed by atoms with van der Waals surface area (Å²) in [5, 5.41) is 6.02. The lowest BCUT2D eigenvalue weighted by atomic mass is 10.1. The molecule has 1 aliphatic rings. The summed E-state index contributed by atoms with van der Waals surface area (Å²) in [6.45, 7) is 0.500. The Morgan fingerprint density at radius 1 is 1.20 bits per heavy atom. The molecule has 1 aromatic carbocycles. The zero-order valence-corrected chi connectivity index (χ0v) is 12.2. The van der Waals surface area contributed by atoms with Gasteiger partial charge in [0.25, 0.3) is 0 Å². The maximum atomic E-state index is 12.1. The van der Waals surface area contributed by atoms with E-state index in [9.17, 15) is 4.79 Å². The quantitative estimate of drug-likeness (QED) is 0.824. The molecule has 0 radical (unpaired) electrons. The normalized spacial score (nSPS) is 16.4. The van der Waals surface area contributed by atoms with Gasteiger partial charge in [-0.05, 0) is 18.9 Å². The van der Waals surface area contributed by atoms with Crippen LogP contribution < -0.4 is 10.6 Å². The Bertz CT molecular complexity index is 426. The van der Waals surface area contributed by atoms with Crippen molar-refractivity contribution >= 4 is 11.7 Å². The van der Waals surface area contributed by atoms with Crippen molar-refractivity contribution in [2.75, 3.05) is 12.4 Å². The van der Waals surface area contributed by atoms with E-state index in [2.05, 4.69) is 10.6 Å². The lowest BCUT2D eigenvalue weighted by Crippen LogP contribution is -2.37. The van der Waals surface area contributed by atoms with Crippen LogP contribution in [0.15, 0.2) is 24.3 Å². The number of benzene rings is 1. The van der Waals surface area contributed by atoms with E-state index in [1.807, 2.05) is 24.3 Å². The Morgan fingerprint density at radius 3 is 2.60 bits per heavy atom. The van der Waals surface area contributed by atoms with Crippen molar-refractivity contribution < 1.29 is 9.53 Å². The van der Waals surface area contributed by atoms with E-state index in [0.29, 0.717) is 12.6 Å². The summed E-state index contributed by atoms with van der Waals surface area (Å²) in [6.07, 6.45) is 7.18. The summed E-state index contributed by atoms with van der Waals surface area (Å²) in [4.78, 5) is 12.1. The third-order valence-corrected chi connectivity index (χ3v) is 3.76. The monoisotopic (exact) mass is 276 g/mol. The number of amides is 2. The molecular weight excluding hydrogens is 252 g/mol. The molecule has 4 nitrogen and oxygen atoms in total. The van der Waals surface area contributed by atoms with E-state index in [1.54, 1.807) is 7.11 Å². The van der Waals surface area contributed by atoms with Crippen LogP contribution in [0.5, 0.6) is 0 Å². The summed E-state index contributed by atoms with van der Waals surface area (Å²) in [6, 6.07) is 7.93. The number of ether oxygens (including phenoxy) is 1. The van der Waals surface area contributed by atoms with Crippen molar-refractivity contribution in [3.63, 3.8) is 0 Å². The first kappa shape index (κ1) is 14.9. The molecule has 0 spiro atoms. The van der Waals surface area contributed by atoms with E-state index in [-0.39, 0.29) is 6.03 Å². The first-order valence-corrected chi connectivity index (χ1v) is 7.44. The average molecular weight is 276 g/mol. The van der Waals surface area contributed by atoms with Crippen molar-refractivity contribution in [3.8, 4) is 0 Å². The van der Waals surface area contributed by atoms with Gasteiger partial charge in [-0.25, -0.2) is 4.79 Å². The van der Waals surface area contributed by atoms with Crippen LogP contribution in [0.1, 0.15) is 44.1 Å². The molecule has 0 bridgehead atoms. The molecule has 0 aromatic heterocycles. The standard InChI is InChI=1S/C16H24N2O2/c1-20-12-13-8-6-7-11-15(13)18-16(19)17-14-9-4-2-3-5-10-14/h6-8,11,14H,2-5,9-10,12H2,1H3,(H2,17,18,19). The van der Waals surface area contributed by atoms with Crippen molar-refractivity contribution in [1.82, 2.24) is 5.32 Å². The maximum absolute atomic E-state index is 12.1. The lowest BCUT2D eigenvalue weighted by molar-refractivity contribution is 0.185. The molecular formula is C16H24N2O2. The second kappa shape index (κ2) is 7.90. The minimum Gasteiger partial charge on any atom is -0.380 e. The molecule has 1 aliphatic carbocycles. The molecule has 0 unspecified atom stereocenters. The van der Waals surface area contributed by atoms with Crippen LogP contribution in [0.25, 0.3) is 0 Å². The van der Waals surface area contributed by atoms with Gasteiger partial charge < -0.3 is 15.4 Å². The summed E-state index contributed by atoms with van der Waals surface area (Å²) in [5.74, 6) is 0. The van der Waals surface area contributed by atoms with Crippen LogP contribution in [0, 0.1) is 0 Å². The summed E-state index contributed by atoms with van der Waals surface area (Å²) in [5.41, 5.74) is 1.81. The van der Waals surface area contributed by atoms with Gasteiger partial charge in [-0.15, -0.1) is 0 Å². The smallest absolute Gasteiger partial charge is 0.319 e. The summed E-state index contributed by atoms with van der Waals surface area (Å²) in [7, 11) is 1.66. The molecule has 4 heteroatoms. The van der Waals surface area contributed by atoms with Crippen molar-refractivity contribution in [3.05, 3.63) is 29.8 Å². The van der Waals surface area contributed by atoms with Crippen molar-refractivity contribution in [2.24, 2.45) is 0 Å². The van der Waals surface area contributed by atoms with E-state index in [1.165, 1.54) is 25.7 Å². The third-order valence-electron chi connectivity index (χ3n) is 3.76. The molecule has 2 amide bonds. The number of hydrogen-bond donors (Lipinski definition) is 2. The van der Waals surface area contributed by atoms with Crippen LogP contribution in [0.2, 0.25) is 0 Å². The van der Waals surface area contributed by atoms with Crippen molar-refractivity contribution in [1.29, 1.82) is 0 Å². The Kier molecular flexibility index (Phi) is 5.87. The Hall–Kier alpha value is -1.55. The lowest BCUT2D eigenvalue weighted by Gasteiger charge is -2.17. The fourth-order valence-electron chi connectivity index (χ4n) is 2.69. The number of hydrogen-bond acceptors (Lipinski definition) is 2. The van der Waals surface area contributed by atoms with Crippen molar-refractivity contribution in [2.45, 2.75) is 51.2 Å². The number of rotatable bonds is 4. The molecule has 2 N–H and O–H groups in total. The Balaban J connectivity index is 1.90. The van der Waals surface area contributed by atoms with Gasteiger partial charge >= 0.3 is 6.03 Å². The highest BCUT2D eigenvalue weighted by molar-refractivity contribution is 5.90. The zero-order chi connectivity index (χ0) is 14.2. The van der Waals surface area contributed by atoms with Gasteiger partial charge in [0.15, 0.2) is 0 Å². The second-order valence-electron chi connectivity index (χ2n) is 5.38. The van der Waals surface area contributed by atoms with Gasteiger partial charge in [0.1, 0.15) is 0 Å². The van der Waals surface area contributed by atoms with Gasteiger partial charge in [-0.1, -0.05) is 43.9 Å². The number of para-hydroxylation sites is 1.